The lowest BCUT2D eigenvalue weighted by atomic mass is 9.75. The van der Waals surface area contributed by atoms with Gasteiger partial charge < -0.3 is 0 Å². The third-order valence-electron chi connectivity index (χ3n) is 5.19. The molecule has 0 N–H and O–H groups in total. The summed E-state index contributed by atoms with van der Waals surface area (Å²) in [5.41, 5.74) is 9.69. The van der Waals surface area contributed by atoms with E-state index in [1.165, 1.54) is 61.7 Å². The van der Waals surface area contributed by atoms with Gasteiger partial charge in [0.15, 0.2) is 0 Å². The van der Waals surface area contributed by atoms with Crippen molar-refractivity contribution in [3.05, 3.63) is 52.3 Å². The van der Waals surface area contributed by atoms with Crippen LogP contribution in [0.1, 0.15) is 65.2 Å². The molecule has 0 spiro atoms. The summed E-state index contributed by atoms with van der Waals surface area (Å²) in [5, 5.41) is 0. The Morgan fingerprint density at radius 2 is 1.85 bits per heavy atom. The Bertz CT molecular complexity index is 547. The predicted molar refractivity (Wildman–Crippen MR) is 86.6 cm³/mol. The Labute approximate surface area is 123 Å². The Kier molecular flexibility index (Phi) is 3.85. The highest BCUT2D eigenvalue weighted by Gasteiger charge is 2.43. The van der Waals surface area contributed by atoms with Crippen molar-refractivity contribution in [3.63, 3.8) is 0 Å². The first kappa shape index (κ1) is 13.7. The van der Waals surface area contributed by atoms with Gasteiger partial charge in [-0.05, 0) is 47.3 Å². The van der Waals surface area contributed by atoms with Gasteiger partial charge in [-0.1, -0.05) is 64.5 Å². The van der Waals surface area contributed by atoms with E-state index in [9.17, 15) is 0 Å². The molecule has 0 bridgehead atoms. The topological polar surface area (TPSA) is 0 Å². The summed E-state index contributed by atoms with van der Waals surface area (Å²) in [6.45, 7) is 4.73. The standard InChI is InChI=1S/C20H26/c1-3-4-5-6-7-8-15-20(2)18-13-9-11-16(18)17-12-10-14-19(17)20/h11-14H,3-9,15H2,1-2H3. The highest BCUT2D eigenvalue weighted by Crippen LogP contribution is 2.56. The van der Waals surface area contributed by atoms with Crippen molar-refractivity contribution in [1.29, 1.82) is 0 Å². The van der Waals surface area contributed by atoms with Crippen LogP contribution in [0.5, 0.6) is 0 Å². The molecule has 0 radical (unpaired) electrons. The van der Waals surface area contributed by atoms with Crippen molar-refractivity contribution in [2.45, 2.75) is 65.2 Å². The van der Waals surface area contributed by atoms with Crippen molar-refractivity contribution in [2.75, 3.05) is 0 Å². The van der Waals surface area contributed by atoms with E-state index < -0.39 is 0 Å². The number of rotatable bonds is 7. The lowest BCUT2D eigenvalue weighted by molar-refractivity contribution is 0.431. The molecule has 0 aliphatic heterocycles. The molecule has 0 heteroatoms. The molecule has 0 aromatic carbocycles. The number of allylic oxidation sites excluding steroid dienone is 7. The fraction of sp³-hybridized carbons (Fsp3) is 0.550. The van der Waals surface area contributed by atoms with Crippen LogP contribution < -0.4 is 0 Å². The number of hydrogen-bond donors (Lipinski definition) is 0. The first-order valence-electron chi connectivity index (χ1n) is 8.36. The molecule has 0 amide bonds. The second-order valence-electron chi connectivity index (χ2n) is 6.60. The quantitative estimate of drug-likeness (QED) is 0.389. The van der Waals surface area contributed by atoms with Gasteiger partial charge in [0, 0.05) is 5.41 Å². The van der Waals surface area contributed by atoms with Crippen LogP contribution in [0.25, 0.3) is 0 Å². The van der Waals surface area contributed by atoms with Crippen molar-refractivity contribution in [1.82, 2.24) is 0 Å². The van der Waals surface area contributed by atoms with Gasteiger partial charge in [-0.3, -0.25) is 0 Å². The maximum atomic E-state index is 3.32. The van der Waals surface area contributed by atoms with Crippen LogP contribution in [-0.2, 0) is 0 Å². The summed E-state index contributed by atoms with van der Waals surface area (Å²) < 4.78 is 0. The largest absolute Gasteiger partial charge is 0.120 e. The van der Waals surface area contributed by atoms with Crippen LogP contribution in [0.2, 0.25) is 0 Å². The van der Waals surface area contributed by atoms with Crippen molar-refractivity contribution >= 4 is 0 Å². The van der Waals surface area contributed by atoms with E-state index in [1.54, 1.807) is 5.57 Å². The van der Waals surface area contributed by atoms with Crippen LogP contribution in [0.3, 0.4) is 0 Å². The highest BCUT2D eigenvalue weighted by molar-refractivity contribution is 5.71. The van der Waals surface area contributed by atoms with E-state index in [4.69, 9.17) is 0 Å². The summed E-state index contributed by atoms with van der Waals surface area (Å²) in [6.07, 6.45) is 20.0. The Morgan fingerprint density at radius 3 is 2.70 bits per heavy atom. The van der Waals surface area contributed by atoms with E-state index in [-0.39, 0.29) is 5.41 Å². The number of unbranched alkanes of at least 4 members (excludes halogenated alkanes) is 5. The predicted octanol–water partition coefficient (Wildman–Crippen LogP) is 6.03. The smallest absolute Gasteiger partial charge is 0.0190 e. The average Bonchev–Trinajstić information content (AvgIpc) is 3.12. The van der Waals surface area contributed by atoms with Crippen LogP contribution in [0.4, 0.5) is 0 Å². The molecule has 0 saturated carbocycles. The summed E-state index contributed by atoms with van der Waals surface area (Å²) >= 11 is 0. The molecule has 3 rings (SSSR count). The molecule has 0 nitrogen and oxygen atoms in total. The molecule has 0 saturated heterocycles. The SMILES string of the molecule is CCCCCCCCC1(C)C2=CCC=C2C2=C1C=C=C2. The lowest BCUT2D eigenvalue weighted by Gasteiger charge is -2.28. The Morgan fingerprint density at radius 1 is 1.05 bits per heavy atom. The van der Waals surface area contributed by atoms with Crippen LogP contribution in [0.15, 0.2) is 52.3 Å². The summed E-state index contributed by atoms with van der Waals surface area (Å²) in [4.78, 5) is 0. The van der Waals surface area contributed by atoms with Gasteiger partial charge in [0.05, 0.1) is 0 Å². The summed E-state index contributed by atoms with van der Waals surface area (Å²) in [7, 11) is 0. The fourth-order valence-electron chi connectivity index (χ4n) is 4.01. The number of hydrogen-bond acceptors (Lipinski definition) is 0. The molecular weight excluding hydrogens is 240 g/mol. The summed E-state index contributed by atoms with van der Waals surface area (Å²) in [6, 6.07) is 0. The molecule has 1 atom stereocenters. The zero-order valence-electron chi connectivity index (χ0n) is 13.0. The van der Waals surface area contributed by atoms with E-state index in [1.807, 2.05) is 0 Å². The third-order valence-corrected chi connectivity index (χ3v) is 5.19. The maximum Gasteiger partial charge on any atom is 0.0190 e. The van der Waals surface area contributed by atoms with Gasteiger partial charge in [-0.2, -0.15) is 0 Å². The maximum absolute atomic E-state index is 3.32. The molecule has 0 aromatic heterocycles. The van der Waals surface area contributed by atoms with E-state index in [0.717, 1.165) is 6.42 Å². The monoisotopic (exact) mass is 266 g/mol. The van der Waals surface area contributed by atoms with Gasteiger partial charge >= 0.3 is 0 Å². The third kappa shape index (κ3) is 2.17. The molecular formula is C20H26. The first-order chi connectivity index (χ1) is 9.77. The van der Waals surface area contributed by atoms with Gasteiger partial charge in [-0.25, -0.2) is 0 Å². The zero-order valence-corrected chi connectivity index (χ0v) is 13.0. The van der Waals surface area contributed by atoms with Crippen molar-refractivity contribution in [3.8, 4) is 0 Å². The van der Waals surface area contributed by atoms with Gasteiger partial charge in [-0.15, -0.1) is 5.73 Å². The lowest BCUT2D eigenvalue weighted by Crippen LogP contribution is -2.17. The van der Waals surface area contributed by atoms with Crippen LogP contribution in [-0.4, -0.2) is 0 Å². The van der Waals surface area contributed by atoms with Crippen LogP contribution >= 0.6 is 0 Å². The Balaban J connectivity index is 1.63. The first-order valence-corrected chi connectivity index (χ1v) is 8.36. The molecule has 20 heavy (non-hydrogen) atoms. The Hall–Kier alpha value is -1.26. The van der Waals surface area contributed by atoms with Crippen molar-refractivity contribution in [2.24, 2.45) is 5.41 Å². The molecule has 1 unspecified atom stereocenters. The second-order valence-corrected chi connectivity index (χ2v) is 6.60. The molecule has 3 aliphatic rings. The minimum Gasteiger partial charge on any atom is -0.120 e. The van der Waals surface area contributed by atoms with Gasteiger partial charge in [0.1, 0.15) is 0 Å². The molecule has 0 fully saturated rings. The normalized spacial score (nSPS) is 26.1. The van der Waals surface area contributed by atoms with Crippen molar-refractivity contribution < 1.29 is 0 Å². The average molecular weight is 266 g/mol. The van der Waals surface area contributed by atoms with Crippen LogP contribution in [0, 0.1) is 5.41 Å². The zero-order chi connectivity index (χ0) is 14.0. The fourth-order valence-corrected chi connectivity index (χ4v) is 4.01. The highest BCUT2D eigenvalue weighted by atomic mass is 14.5. The molecule has 106 valence electrons. The van der Waals surface area contributed by atoms with E-state index in [0.29, 0.717) is 0 Å². The minimum absolute atomic E-state index is 0.266. The molecule has 0 heterocycles. The molecule has 0 aromatic rings. The minimum atomic E-state index is 0.266. The number of fused-ring (bicyclic) bond motifs is 2. The van der Waals surface area contributed by atoms with E-state index in [2.05, 4.69) is 43.9 Å². The summed E-state index contributed by atoms with van der Waals surface area (Å²) in [5.74, 6) is 0. The molecule has 3 aliphatic carbocycles. The van der Waals surface area contributed by atoms with E-state index >= 15 is 0 Å². The van der Waals surface area contributed by atoms with Gasteiger partial charge in [0.2, 0.25) is 0 Å². The second kappa shape index (κ2) is 5.62. The van der Waals surface area contributed by atoms with Gasteiger partial charge in [0.25, 0.3) is 0 Å².